The van der Waals surface area contributed by atoms with Crippen molar-refractivity contribution in [2.75, 3.05) is 4.90 Å². The molecule has 0 radical (unpaired) electrons. The van der Waals surface area contributed by atoms with Crippen molar-refractivity contribution in [3.05, 3.63) is 232 Å². The quantitative estimate of drug-likeness (QED) is 0.157. The first-order valence-electron chi connectivity index (χ1n) is 20.8. The average Bonchev–Trinajstić information content (AvgIpc) is 3.69. The molecule has 8 aromatic carbocycles. The summed E-state index contributed by atoms with van der Waals surface area (Å²) < 4.78 is 0. The number of rotatable bonds is 7. The van der Waals surface area contributed by atoms with E-state index in [0.717, 1.165) is 0 Å². The highest BCUT2D eigenvalue weighted by molar-refractivity contribution is 5.97. The maximum Gasteiger partial charge on any atom is 0.0713 e. The van der Waals surface area contributed by atoms with E-state index in [0.29, 0.717) is 5.92 Å². The predicted molar refractivity (Wildman–Crippen MR) is 245 cm³/mol. The van der Waals surface area contributed by atoms with Gasteiger partial charge in [-0.2, -0.15) is 0 Å². The topological polar surface area (TPSA) is 3.24 Å². The summed E-state index contributed by atoms with van der Waals surface area (Å²) in [4.78, 5) is 2.50. The maximum atomic E-state index is 2.50. The Bertz CT molecular complexity index is 2820. The molecule has 0 bridgehead atoms. The highest BCUT2D eigenvalue weighted by Crippen LogP contribution is 2.59. The minimum atomic E-state index is -0.438. The van der Waals surface area contributed by atoms with Crippen LogP contribution in [0, 0.1) is 13.8 Å². The second-order valence-electron chi connectivity index (χ2n) is 17.2. The fraction of sp³-hybridized carbons (Fsp3) is 0.158. The molecule has 8 aromatic rings. The first-order valence-corrected chi connectivity index (χ1v) is 20.8. The number of aryl methyl sites for hydroxylation is 2. The molecule has 0 unspecified atom stereocenters. The van der Waals surface area contributed by atoms with Gasteiger partial charge in [0.15, 0.2) is 0 Å². The summed E-state index contributed by atoms with van der Waals surface area (Å²) in [6.45, 7) is 13.9. The summed E-state index contributed by atoms with van der Waals surface area (Å²) in [5.41, 5.74) is 22.7. The van der Waals surface area contributed by atoms with Gasteiger partial charge in [-0.3, -0.25) is 0 Å². The third kappa shape index (κ3) is 5.30. The minimum Gasteiger partial charge on any atom is -0.310 e. The summed E-state index contributed by atoms with van der Waals surface area (Å²) in [6, 6.07) is 68.3. The Morgan fingerprint density at radius 1 is 0.414 bits per heavy atom. The van der Waals surface area contributed by atoms with Crippen molar-refractivity contribution in [2.45, 2.75) is 58.3 Å². The van der Waals surface area contributed by atoms with Gasteiger partial charge in [0, 0.05) is 22.5 Å². The number of hydrogen-bond donors (Lipinski definition) is 0. The molecule has 2 aliphatic carbocycles. The lowest BCUT2D eigenvalue weighted by molar-refractivity contribution is 0.660. The maximum absolute atomic E-state index is 2.50. The molecular formula is C57H49N. The molecule has 282 valence electrons. The van der Waals surface area contributed by atoms with Crippen LogP contribution in [0.2, 0.25) is 0 Å². The van der Waals surface area contributed by atoms with Crippen molar-refractivity contribution in [1.82, 2.24) is 0 Å². The van der Waals surface area contributed by atoms with Crippen LogP contribution in [0.3, 0.4) is 0 Å². The van der Waals surface area contributed by atoms with Gasteiger partial charge in [0.1, 0.15) is 0 Å². The second kappa shape index (κ2) is 13.6. The van der Waals surface area contributed by atoms with Crippen molar-refractivity contribution < 1.29 is 0 Å². The summed E-state index contributed by atoms with van der Waals surface area (Å²) in [7, 11) is 0. The summed E-state index contributed by atoms with van der Waals surface area (Å²) >= 11 is 0. The van der Waals surface area contributed by atoms with Crippen LogP contribution in [-0.2, 0) is 10.8 Å². The Morgan fingerprint density at radius 2 is 0.983 bits per heavy atom. The number of nitrogens with zero attached hydrogens (tertiary/aromatic N) is 1. The van der Waals surface area contributed by atoms with Crippen LogP contribution < -0.4 is 4.90 Å². The number of anilines is 3. The van der Waals surface area contributed by atoms with Crippen molar-refractivity contribution in [3.8, 4) is 33.4 Å². The lowest BCUT2D eigenvalue weighted by Gasteiger charge is -2.34. The summed E-state index contributed by atoms with van der Waals surface area (Å²) in [6.07, 6.45) is 0. The van der Waals surface area contributed by atoms with Crippen molar-refractivity contribution in [1.29, 1.82) is 0 Å². The van der Waals surface area contributed by atoms with Gasteiger partial charge < -0.3 is 4.90 Å². The van der Waals surface area contributed by atoms with Crippen LogP contribution in [0.1, 0.15) is 83.7 Å². The van der Waals surface area contributed by atoms with E-state index < -0.39 is 5.41 Å². The number of benzene rings is 8. The highest BCUT2D eigenvalue weighted by Gasteiger charge is 2.47. The third-order valence-corrected chi connectivity index (χ3v) is 13.2. The van der Waals surface area contributed by atoms with Gasteiger partial charge in [-0.05, 0) is 140 Å². The Hall–Kier alpha value is -6.44. The first-order chi connectivity index (χ1) is 28.2. The lowest BCUT2D eigenvalue weighted by atomic mass is 9.67. The SMILES string of the molecule is Cc1cc(N(c2cccc(C(C)C)c2)c2ccc3c(c2)C(C)(C)c2ccccc2-3)c(C)cc1-c1cccc2c1-c1ccccc1C2(c1ccccc1)c1ccccc1. The average molecular weight is 748 g/mol. The van der Waals surface area contributed by atoms with Gasteiger partial charge in [-0.1, -0.05) is 173 Å². The Balaban J connectivity index is 1.17. The molecule has 10 rings (SSSR count). The molecule has 2 aliphatic rings. The smallest absolute Gasteiger partial charge is 0.0713 e. The molecule has 58 heavy (non-hydrogen) atoms. The van der Waals surface area contributed by atoms with E-state index in [1.807, 2.05) is 0 Å². The third-order valence-electron chi connectivity index (χ3n) is 13.2. The van der Waals surface area contributed by atoms with Crippen LogP contribution in [0.5, 0.6) is 0 Å². The molecular weight excluding hydrogens is 699 g/mol. The van der Waals surface area contributed by atoms with Crippen LogP contribution >= 0.6 is 0 Å². The van der Waals surface area contributed by atoms with Gasteiger partial charge >= 0.3 is 0 Å². The molecule has 1 heteroatoms. The van der Waals surface area contributed by atoms with E-state index in [1.165, 1.54) is 101 Å². The van der Waals surface area contributed by atoms with Crippen LogP contribution in [0.15, 0.2) is 182 Å². The monoisotopic (exact) mass is 747 g/mol. The standard InChI is InChI=1S/C57H49N/c1-37(2)40-19-17-24-43(35-40)58(44-31-32-46-45-25-13-15-28-50(45)56(5,6)53(46)36-44)54-34-38(3)49(33-39(54)4)47-27-18-30-52-55(47)48-26-14-16-29-51(48)57(52,41-20-9-7-10-21-41)42-22-11-8-12-23-42/h7-37H,1-6H3. The van der Waals surface area contributed by atoms with Crippen LogP contribution in [-0.4, -0.2) is 0 Å². The normalized spacial score (nSPS) is 14.1. The molecule has 0 N–H and O–H groups in total. The largest absolute Gasteiger partial charge is 0.310 e. The fourth-order valence-corrected chi connectivity index (χ4v) is 10.3. The Kier molecular flexibility index (Phi) is 8.43. The zero-order chi connectivity index (χ0) is 39.8. The zero-order valence-corrected chi connectivity index (χ0v) is 34.3. The van der Waals surface area contributed by atoms with Crippen LogP contribution in [0.25, 0.3) is 33.4 Å². The second-order valence-corrected chi connectivity index (χ2v) is 17.2. The molecule has 0 amide bonds. The Labute approximate surface area is 344 Å². The Morgan fingerprint density at radius 3 is 1.69 bits per heavy atom. The van der Waals surface area contributed by atoms with Gasteiger partial charge in [0.25, 0.3) is 0 Å². The van der Waals surface area contributed by atoms with Crippen molar-refractivity contribution in [3.63, 3.8) is 0 Å². The molecule has 0 spiro atoms. The lowest BCUT2D eigenvalue weighted by Crippen LogP contribution is -2.28. The fourth-order valence-electron chi connectivity index (χ4n) is 10.3. The van der Waals surface area contributed by atoms with Crippen molar-refractivity contribution >= 4 is 17.1 Å². The molecule has 0 fully saturated rings. The highest BCUT2D eigenvalue weighted by atomic mass is 15.1. The molecule has 0 heterocycles. The van der Waals surface area contributed by atoms with Crippen LogP contribution in [0.4, 0.5) is 17.1 Å². The molecule has 1 nitrogen and oxygen atoms in total. The van der Waals surface area contributed by atoms with Gasteiger partial charge in [-0.25, -0.2) is 0 Å². The molecule has 0 saturated carbocycles. The molecule has 0 saturated heterocycles. The van der Waals surface area contributed by atoms with Crippen molar-refractivity contribution in [2.24, 2.45) is 0 Å². The first kappa shape index (κ1) is 35.9. The molecule has 0 atom stereocenters. The van der Waals surface area contributed by atoms with E-state index in [2.05, 4.69) is 228 Å². The predicted octanol–water partition coefficient (Wildman–Crippen LogP) is 15.2. The van der Waals surface area contributed by atoms with Gasteiger partial charge in [0.2, 0.25) is 0 Å². The molecule has 0 aromatic heterocycles. The molecule has 0 aliphatic heterocycles. The van der Waals surface area contributed by atoms with Gasteiger partial charge in [0.05, 0.1) is 5.41 Å². The van der Waals surface area contributed by atoms with Gasteiger partial charge in [-0.15, -0.1) is 0 Å². The van der Waals surface area contributed by atoms with E-state index >= 15 is 0 Å². The van der Waals surface area contributed by atoms with E-state index in [-0.39, 0.29) is 5.41 Å². The van der Waals surface area contributed by atoms with E-state index in [9.17, 15) is 0 Å². The number of fused-ring (bicyclic) bond motifs is 6. The van der Waals surface area contributed by atoms with E-state index in [4.69, 9.17) is 0 Å². The van der Waals surface area contributed by atoms with E-state index in [1.54, 1.807) is 0 Å². The summed E-state index contributed by atoms with van der Waals surface area (Å²) in [5.74, 6) is 0.419. The number of hydrogen-bond acceptors (Lipinski definition) is 1. The zero-order valence-electron chi connectivity index (χ0n) is 34.3. The summed E-state index contributed by atoms with van der Waals surface area (Å²) in [5, 5.41) is 0. The minimum absolute atomic E-state index is 0.0963.